The Kier molecular flexibility index (Phi) is 3.64. The molecule has 0 amide bonds. The summed E-state index contributed by atoms with van der Waals surface area (Å²) in [6, 6.07) is 7.08. The first-order valence-corrected chi connectivity index (χ1v) is 7.40. The number of hydrogen-bond donors (Lipinski definition) is 2. The third kappa shape index (κ3) is 2.96. The number of hydrogen-bond acceptors (Lipinski definition) is 5. The van der Waals surface area contributed by atoms with Gasteiger partial charge in [0, 0.05) is 24.0 Å². The minimum absolute atomic E-state index is 0.366. The molecule has 1 aromatic heterocycles. The number of carbonyl (C=O) groups is 1. The molecule has 0 radical (unpaired) electrons. The Balaban J connectivity index is 1.57. The molecule has 0 saturated heterocycles. The summed E-state index contributed by atoms with van der Waals surface area (Å²) in [7, 11) is 0. The molecule has 1 aromatic carbocycles. The summed E-state index contributed by atoms with van der Waals surface area (Å²) in [6.45, 7) is 0.656. The second kappa shape index (κ2) is 5.58. The largest absolute Gasteiger partial charge is 0.478 e. The zero-order chi connectivity index (χ0) is 13.9. The molecule has 0 aliphatic heterocycles. The maximum Gasteiger partial charge on any atom is 0.335 e. The fraction of sp³-hybridized carbons (Fsp3) is 0.357. The van der Waals surface area contributed by atoms with Crippen LogP contribution in [0.4, 0.5) is 5.13 Å². The monoisotopic (exact) mass is 289 g/mol. The van der Waals surface area contributed by atoms with Crippen molar-refractivity contribution in [2.24, 2.45) is 0 Å². The van der Waals surface area contributed by atoms with E-state index in [-0.39, 0.29) is 0 Å². The van der Waals surface area contributed by atoms with E-state index in [0.29, 0.717) is 24.4 Å². The van der Waals surface area contributed by atoms with Crippen molar-refractivity contribution < 1.29 is 9.90 Å². The maximum atomic E-state index is 11.1. The number of nitrogens with one attached hydrogen (secondary N) is 1. The first-order valence-electron chi connectivity index (χ1n) is 6.62. The van der Waals surface area contributed by atoms with Crippen LogP contribution in [0.15, 0.2) is 24.3 Å². The average Bonchev–Trinajstić information content (AvgIpc) is 3.19. The van der Waals surface area contributed by atoms with E-state index in [0.717, 1.165) is 16.5 Å². The molecule has 0 spiro atoms. The van der Waals surface area contributed by atoms with E-state index in [1.54, 1.807) is 12.1 Å². The molecule has 3 rings (SSSR count). The molecule has 5 nitrogen and oxygen atoms in total. The predicted octanol–water partition coefficient (Wildman–Crippen LogP) is 2.77. The Labute approximate surface area is 120 Å². The molecular formula is C14H15N3O2S. The highest BCUT2D eigenvalue weighted by molar-refractivity contribution is 7.09. The van der Waals surface area contributed by atoms with Gasteiger partial charge >= 0.3 is 5.97 Å². The van der Waals surface area contributed by atoms with Crippen LogP contribution in [0.3, 0.4) is 0 Å². The van der Waals surface area contributed by atoms with Gasteiger partial charge in [-0.2, -0.15) is 4.37 Å². The molecule has 1 fully saturated rings. The van der Waals surface area contributed by atoms with E-state index in [2.05, 4.69) is 14.7 Å². The Bertz CT molecular complexity index is 622. The van der Waals surface area contributed by atoms with Crippen molar-refractivity contribution in [3.8, 4) is 0 Å². The second-order valence-corrected chi connectivity index (χ2v) is 5.62. The molecule has 2 N–H and O–H groups in total. The fourth-order valence-electron chi connectivity index (χ4n) is 2.07. The van der Waals surface area contributed by atoms with Crippen LogP contribution in [0.5, 0.6) is 0 Å². The molecule has 104 valence electrons. The molecule has 20 heavy (non-hydrogen) atoms. The van der Waals surface area contributed by atoms with Crippen LogP contribution in [0.1, 0.15) is 40.5 Å². The number of aromatic carboxylic acids is 1. The van der Waals surface area contributed by atoms with Gasteiger partial charge in [-0.25, -0.2) is 9.78 Å². The Hall–Kier alpha value is -1.95. The number of carboxylic acids is 1. The second-order valence-electron chi connectivity index (χ2n) is 4.87. The molecule has 0 atom stereocenters. The molecule has 1 aliphatic rings. The van der Waals surface area contributed by atoms with E-state index in [1.807, 2.05) is 12.1 Å². The van der Waals surface area contributed by atoms with Gasteiger partial charge in [-0.15, -0.1) is 0 Å². The number of anilines is 1. The van der Waals surface area contributed by atoms with Crippen LogP contribution in [0.25, 0.3) is 0 Å². The van der Waals surface area contributed by atoms with Crippen molar-refractivity contribution in [3.63, 3.8) is 0 Å². The first-order chi connectivity index (χ1) is 9.74. The maximum absolute atomic E-state index is 11.1. The number of aromatic nitrogens is 2. The van der Waals surface area contributed by atoms with Gasteiger partial charge in [-0.1, -0.05) is 18.2 Å². The summed E-state index contributed by atoms with van der Waals surface area (Å²) in [5, 5.41) is 13.1. The average molecular weight is 289 g/mol. The molecule has 1 saturated carbocycles. The van der Waals surface area contributed by atoms with Gasteiger partial charge in [0.05, 0.1) is 5.56 Å². The van der Waals surface area contributed by atoms with Crippen molar-refractivity contribution in [2.75, 3.05) is 11.9 Å². The highest BCUT2D eigenvalue weighted by atomic mass is 32.1. The SMILES string of the molecule is O=C(O)c1ccccc1CCNc1nc(C2CC2)ns1. The highest BCUT2D eigenvalue weighted by Gasteiger charge is 2.27. The van der Waals surface area contributed by atoms with Crippen molar-refractivity contribution >= 4 is 22.6 Å². The van der Waals surface area contributed by atoms with Crippen molar-refractivity contribution in [1.82, 2.24) is 9.36 Å². The summed E-state index contributed by atoms with van der Waals surface area (Å²) < 4.78 is 4.32. The minimum Gasteiger partial charge on any atom is -0.478 e. The first kappa shape index (κ1) is 13.1. The quantitative estimate of drug-likeness (QED) is 0.855. The van der Waals surface area contributed by atoms with E-state index in [4.69, 9.17) is 5.11 Å². The Morgan fingerprint density at radius 3 is 2.95 bits per heavy atom. The summed E-state index contributed by atoms with van der Waals surface area (Å²) in [4.78, 5) is 15.5. The van der Waals surface area contributed by atoms with E-state index in [1.165, 1.54) is 24.4 Å². The smallest absolute Gasteiger partial charge is 0.335 e. The van der Waals surface area contributed by atoms with Crippen molar-refractivity contribution in [2.45, 2.75) is 25.2 Å². The van der Waals surface area contributed by atoms with Crippen LogP contribution < -0.4 is 5.32 Å². The van der Waals surface area contributed by atoms with Gasteiger partial charge < -0.3 is 10.4 Å². The molecule has 1 aliphatic carbocycles. The van der Waals surface area contributed by atoms with E-state index >= 15 is 0 Å². The minimum atomic E-state index is -0.882. The summed E-state index contributed by atoms with van der Waals surface area (Å²) in [6.07, 6.45) is 3.05. The summed E-state index contributed by atoms with van der Waals surface area (Å²) in [5.41, 5.74) is 1.20. The number of benzene rings is 1. The lowest BCUT2D eigenvalue weighted by molar-refractivity contribution is 0.0695. The Morgan fingerprint density at radius 1 is 1.40 bits per heavy atom. The van der Waals surface area contributed by atoms with Crippen molar-refractivity contribution in [3.05, 3.63) is 41.2 Å². The summed E-state index contributed by atoms with van der Waals surface area (Å²) in [5.74, 6) is 0.630. The zero-order valence-corrected chi connectivity index (χ0v) is 11.7. The van der Waals surface area contributed by atoms with Gasteiger partial charge in [0.25, 0.3) is 0 Å². The lowest BCUT2D eigenvalue weighted by atomic mass is 10.1. The molecule has 1 heterocycles. The van der Waals surface area contributed by atoms with E-state index < -0.39 is 5.97 Å². The molecule has 6 heteroatoms. The molecule has 0 bridgehead atoms. The van der Waals surface area contributed by atoms with Crippen LogP contribution >= 0.6 is 11.5 Å². The fourth-order valence-corrected chi connectivity index (χ4v) is 2.74. The van der Waals surface area contributed by atoms with Gasteiger partial charge in [-0.3, -0.25) is 0 Å². The third-order valence-electron chi connectivity index (χ3n) is 3.30. The topological polar surface area (TPSA) is 75.1 Å². The number of carboxylic acid groups (broad SMARTS) is 1. The normalized spacial score (nSPS) is 14.2. The number of rotatable bonds is 6. The van der Waals surface area contributed by atoms with Crippen LogP contribution in [-0.4, -0.2) is 27.0 Å². The zero-order valence-electron chi connectivity index (χ0n) is 10.9. The van der Waals surface area contributed by atoms with Gasteiger partial charge in [0.15, 0.2) is 0 Å². The molecular weight excluding hydrogens is 274 g/mol. The third-order valence-corrected chi connectivity index (χ3v) is 3.99. The lowest BCUT2D eigenvalue weighted by Gasteiger charge is -2.06. The highest BCUT2D eigenvalue weighted by Crippen LogP contribution is 2.39. The van der Waals surface area contributed by atoms with Gasteiger partial charge in [-0.05, 0) is 30.9 Å². The standard InChI is InChI=1S/C14H15N3O2S/c18-13(19)11-4-2-1-3-9(11)7-8-15-14-16-12(17-20-14)10-5-6-10/h1-4,10H,5-8H2,(H,18,19)(H,15,16,17). The molecule has 2 aromatic rings. The summed E-state index contributed by atoms with van der Waals surface area (Å²) >= 11 is 1.37. The van der Waals surface area contributed by atoms with Crippen LogP contribution in [0, 0.1) is 0 Å². The van der Waals surface area contributed by atoms with Gasteiger partial charge in [0.2, 0.25) is 5.13 Å². The molecule has 0 unspecified atom stereocenters. The van der Waals surface area contributed by atoms with E-state index in [9.17, 15) is 4.79 Å². The lowest BCUT2D eigenvalue weighted by Crippen LogP contribution is -2.09. The number of nitrogens with zero attached hydrogens (tertiary/aromatic N) is 2. The van der Waals surface area contributed by atoms with Crippen LogP contribution in [-0.2, 0) is 6.42 Å². The van der Waals surface area contributed by atoms with Gasteiger partial charge in [0.1, 0.15) is 5.82 Å². The Morgan fingerprint density at radius 2 is 2.20 bits per heavy atom. The van der Waals surface area contributed by atoms with Crippen LogP contribution in [0.2, 0.25) is 0 Å². The predicted molar refractivity (Wildman–Crippen MR) is 77.5 cm³/mol. The van der Waals surface area contributed by atoms with Crippen molar-refractivity contribution in [1.29, 1.82) is 0 Å².